The van der Waals surface area contributed by atoms with Crippen molar-refractivity contribution in [3.8, 4) is 0 Å². The van der Waals surface area contributed by atoms with E-state index >= 15 is 0 Å². The molecular weight excluding hydrogens is 284 g/mol. The average molecular weight is 304 g/mol. The van der Waals surface area contributed by atoms with E-state index in [-0.39, 0.29) is 5.91 Å². The Hall–Kier alpha value is -1.72. The lowest BCUT2D eigenvalue weighted by atomic mass is 10.2. The SMILES string of the molecule is CN(Cc1nccs1)C(=O)CCCOCc1ccccc1. The molecule has 1 heterocycles. The van der Waals surface area contributed by atoms with Gasteiger partial charge in [0.05, 0.1) is 13.2 Å². The zero-order valence-corrected chi connectivity index (χ0v) is 13.0. The second-order valence-corrected chi connectivity index (χ2v) is 5.80. The summed E-state index contributed by atoms with van der Waals surface area (Å²) in [6.07, 6.45) is 3.01. The van der Waals surface area contributed by atoms with Crippen LogP contribution in [0.3, 0.4) is 0 Å². The lowest BCUT2D eigenvalue weighted by Gasteiger charge is -2.15. The minimum Gasteiger partial charge on any atom is -0.377 e. The summed E-state index contributed by atoms with van der Waals surface area (Å²) in [5, 5.41) is 2.89. The van der Waals surface area contributed by atoms with Gasteiger partial charge in [-0.05, 0) is 12.0 Å². The molecule has 0 atom stereocenters. The molecule has 0 bridgehead atoms. The smallest absolute Gasteiger partial charge is 0.222 e. The van der Waals surface area contributed by atoms with Crippen molar-refractivity contribution in [2.45, 2.75) is 26.0 Å². The second kappa shape index (κ2) is 8.54. The monoisotopic (exact) mass is 304 g/mol. The highest BCUT2D eigenvalue weighted by Gasteiger charge is 2.10. The van der Waals surface area contributed by atoms with E-state index in [1.807, 2.05) is 42.8 Å². The number of carbonyl (C=O) groups excluding carboxylic acids is 1. The molecule has 112 valence electrons. The number of hydrogen-bond acceptors (Lipinski definition) is 4. The van der Waals surface area contributed by atoms with Crippen LogP contribution in [0, 0.1) is 0 Å². The van der Waals surface area contributed by atoms with Crippen LogP contribution < -0.4 is 0 Å². The molecule has 0 saturated heterocycles. The Morgan fingerprint density at radius 3 is 2.86 bits per heavy atom. The van der Waals surface area contributed by atoms with Gasteiger partial charge in [0.1, 0.15) is 5.01 Å². The summed E-state index contributed by atoms with van der Waals surface area (Å²) in [5.41, 5.74) is 1.16. The van der Waals surface area contributed by atoms with Crippen LogP contribution in [-0.2, 0) is 22.7 Å². The highest BCUT2D eigenvalue weighted by molar-refractivity contribution is 7.09. The van der Waals surface area contributed by atoms with Crippen LogP contribution in [0.25, 0.3) is 0 Å². The van der Waals surface area contributed by atoms with Crippen LogP contribution >= 0.6 is 11.3 Å². The van der Waals surface area contributed by atoms with Gasteiger partial charge >= 0.3 is 0 Å². The third-order valence-corrected chi connectivity index (χ3v) is 3.84. The summed E-state index contributed by atoms with van der Waals surface area (Å²) >= 11 is 1.57. The van der Waals surface area contributed by atoms with Crippen molar-refractivity contribution in [2.75, 3.05) is 13.7 Å². The number of hydrogen-bond donors (Lipinski definition) is 0. The van der Waals surface area contributed by atoms with Gasteiger partial charge in [-0.2, -0.15) is 0 Å². The predicted octanol–water partition coefficient (Wildman–Crippen LogP) is 3.10. The van der Waals surface area contributed by atoms with Gasteiger partial charge in [0.2, 0.25) is 5.91 Å². The molecule has 0 fully saturated rings. The van der Waals surface area contributed by atoms with Gasteiger partial charge in [-0.3, -0.25) is 4.79 Å². The van der Waals surface area contributed by atoms with E-state index in [2.05, 4.69) is 4.98 Å². The fourth-order valence-corrected chi connectivity index (χ4v) is 2.57. The van der Waals surface area contributed by atoms with Crippen LogP contribution in [-0.4, -0.2) is 29.4 Å². The first-order valence-electron chi connectivity index (χ1n) is 6.99. The molecule has 2 aromatic rings. The molecule has 0 aliphatic heterocycles. The molecule has 1 amide bonds. The molecule has 0 spiro atoms. The Bertz CT molecular complexity index is 528. The van der Waals surface area contributed by atoms with Gasteiger partial charge in [0.25, 0.3) is 0 Å². The molecule has 2 rings (SSSR count). The van der Waals surface area contributed by atoms with Crippen LogP contribution in [0.5, 0.6) is 0 Å². The van der Waals surface area contributed by atoms with Crippen molar-refractivity contribution in [1.29, 1.82) is 0 Å². The van der Waals surface area contributed by atoms with Crippen molar-refractivity contribution >= 4 is 17.2 Å². The molecule has 0 saturated carbocycles. The van der Waals surface area contributed by atoms with Gasteiger partial charge in [0.15, 0.2) is 0 Å². The maximum Gasteiger partial charge on any atom is 0.222 e. The molecule has 4 nitrogen and oxygen atoms in total. The molecule has 0 aliphatic rings. The van der Waals surface area contributed by atoms with Crippen molar-refractivity contribution in [3.63, 3.8) is 0 Å². The Kier molecular flexibility index (Phi) is 6.37. The number of carbonyl (C=O) groups is 1. The highest BCUT2D eigenvalue weighted by Crippen LogP contribution is 2.08. The zero-order valence-electron chi connectivity index (χ0n) is 12.2. The lowest BCUT2D eigenvalue weighted by Crippen LogP contribution is -2.26. The van der Waals surface area contributed by atoms with E-state index in [1.165, 1.54) is 0 Å². The van der Waals surface area contributed by atoms with Crippen molar-refractivity contribution in [1.82, 2.24) is 9.88 Å². The van der Waals surface area contributed by atoms with Crippen LogP contribution in [0.15, 0.2) is 41.9 Å². The van der Waals surface area contributed by atoms with Crippen LogP contribution in [0.2, 0.25) is 0 Å². The molecule has 0 unspecified atom stereocenters. The number of ether oxygens (including phenoxy) is 1. The lowest BCUT2D eigenvalue weighted by molar-refractivity contribution is -0.130. The van der Waals surface area contributed by atoms with E-state index < -0.39 is 0 Å². The van der Waals surface area contributed by atoms with E-state index in [0.717, 1.165) is 17.0 Å². The summed E-state index contributed by atoms with van der Waals surface area (Å²) in [6, 6.07) is 10.0. The Morgan fingerprint density at radius 1 is 1.33 bits per heavy atom. The molecule has 0 N–H and O–H groups in total. The molecule has 5 heteroatoms. The largest absolute Gasteiger partial charge is 0.377 e. The molecule has 21 heavy (non-hydrogen) atoms. The summed E-state index contributed by atoms with van der Waals surface area (Å²) in [7, 11) is 1.81. The van der Waals surface area contributed by atoms with E-state index in [0.29, 0.717) is 26.2 Å². The van der Waals surface area contributed by atoms with Gasteiger partial charge in [-0.15, -0.1) is 11.3 Å². The fourth-order valence-electron chi connectivity index (χ4n) is 1.90. The van der Waals surface area contributed by atoms with Crippen molar-refractivity contribution in [3.05, 3.63) is 52.5 Å². The summed E-state index contributed by atoms with van der Waals surface area (Å²) in [6.45, 7) is 1.79. The third-order valence-electron chi connectivity index (χ3n) is 3.07. The molecule has 1 aromatic heterocycles. The van der Waals surface area contributed by atoms with Gasteiger partial charge in [-0.1, -0.05) is 30.3 Å². The number of rotatable bonds is 8. The molecule has 1 aromatic carbocycles. The quantitative estimate of drug-likeness (QED) is 0.704. The first-order valence-corrected chi connectivity index (χ1v) is 7.87. The van der Waals surface area contributed by atoms with E-state index in [4.69, 9.17) is 4.74 Å². The number of aromatic nitrogens is 1. The zero-order chi connectivity index (χ0) is 14.9. The maximum atomic E-state index is 11.9. The first kappa shape index (κ1) is 15.7. The molecule has 0 aliphatic carbocycles. The number of amides is 1. The van der Waals surface area contributed by atoms with Crippen LogP contribution in [0.4, 0.5) is 0 Å². The van der Waals surface area contributed by atoms with Crippen molar-refractivity contribution < 1.29 is 9.53 Å². The standard InChI is InChI=1S/C16H20N2O2S/c1-18(12-15-17-9-11-21-15)16(19)8-5-10-20-13-14-6-3-2-4-7-14/h2-4,6-7,9,11H,5,8,10,12-13H2,1H3. The highest BCUT2D eigenvalue weighted by atomic mass is 32.1. The minimum absolute atomic E-state index is 0.133. The molecule has 0 radical (unpaired) electrons. The third kappa shape index (κ3) is 5.65. The Labute approximate surface area is 129 Å². The summed E-state index contributed by atoms with van der Waals surface area (Å²) in [4.78, 5) is 17.8. The average Bonchev–Trinajstić information content (AvgIpc) is 3.00. The van der Waals surface area contributed by atoms with E-state index in [1.54, 1.807) is 22.4 Å². The summed E-state index contributed by atoms with van der Waals surface area (Å²) < 4.78 is 5.57. The Morgan fingerprint density at radius 2 is 2.14 bits per heavy atom. The summed E-state index contributed by atoms with van der Waals surface area (Å²) in [5.74, 6) is 0.133. The topological polar surface area (TPSA) is 42.4 Å². The molecular formula is C16H20N2O2S. The van der Waals surface area contributed by atoms with Gasteiger partial charge in [0, 0.05) is 31.7 Å². The number of benzene rings is 1. The van der Waals surface area contributed by atoms with Crippen LogP contribution in [0.1, 0.15) is 23.4 Å². The second-order valence-electron chi connectivity index (χ2n) is 4.82. The van der Waals surface area contributed by atoms with Gasteiger partial charge in [-0.25, -0.2) is 4.98 Å². The first-order chi connectivity index (χ1) is 10.3. The van der Waals surface area contributed by atoms with E-state index in [9.17, 15) is 4.79 Å². The van der Waals surface area contributed by atoms with Gasteiger partial charge < -0.3 is 9.64 Å². The number of nitrogens with zero attached hydrogens (tertiary/aromatic N) is 2. The number of thiazole rings is 1. The Balaban J connectivity index is 1.58. The normalized spacial score (nSPS) is 10.5. The fraction of sp³-hybridized carbons (Fsp3) is 0.375. The van der Waals surface area contributed by atoms with Crippen molar-refractivity contribution in [2.24, 2.45) is 0 Å². The predicted molar refractivity (Wildman–Crippen MR) is 83.9 cm³/mol. The maximum absolute atomic E-state index is 11.9. The minimum atomic E-state index is 0.133.